The summed E-state index contributed by atoms with van der Waals surface area (Å²) in [5, 5.41) is 3.05. The van der Waals surface area contributed by atoms with Crippen LogP contribution in [-0.4, -0.2) is 74.3 Å². The topological polar surface area (TPSA) is 111 Å². The number of quaternary nitrogens is 1. The number of hydrogen-bond acceptors (Lipinski definition) is 6. The van der Waals surface area contributed by atoms with Gasteiger partial charge in [0.25, 0.3) is 0 Å². The third-order valence-corrected chi connectivity index (χ3v) is 16.3. The Morgan fingerprint density at radius 2 is 0.810 bits per heavy atom. The number of ether oxygens (including phenoxy) is 1. The average molecular weight is 1130 g/mol. The summed E-state index contributed by atoms with van der Waals surface area (Å²) in [6, 6.07) is -0.857. The van der Waals surface area contributed by atoms with Gasteiger partial charge in [0, 0.05) is 12.8 Å². The fourth-order valence-corrected chi connectivity index (χ4v) is 10.9. The Balaban J connectivity index is 4.99. The van der Waals surface area contributed by atoms with Crippen LogP contribution in [0.3, 0.4) is 0 Å². The maximum Gasteiger partial charge on any atom is 0.472 e. The third-order valence-electron chi connectivity index (χ3n) is 15.3. The van der Waals surface area contributed by atoms with E-state index in [1.165, 1.54) is 212 Å². The van der Waals surface area contributed by atoms with Gasteiger partial charge in [-0.25, -0.2) is 4.57 Å². The van der Waals surface area contributed by atoms with E-state index in [-0.39, 0.29) is 25.1 Å². The van der Waals surface area contributed by atoms with Gasteiger partial charge in [0.05, 0.1) is 33.8 Å². The standard InChI is InChI=1S/C69H131N2O7P/c1-7-10-13-16-19-22-25-28-29-30-31-32-33-34-35-36-37-38-39-40-41-44-47-50-53-56-59-62-69(73)78-67(60-57-54-51-48-45-42-26-23-20-17-14-11-8-2)66(65-77-79(74,75)76-64-63-71(4,5)6)70-68(72)61-58-55-52-49-46-43-27-24-21-18-15-12-9-3/h12,15,18,21,24,27,57,60,66-67H,7-11,13-14,16-17,19-20,22-23,25-26,28-56,58-59,61-65H2,1-6H3,(H-,70,72,74,75)/p+1/b15-12+,21-18+,27-24-,60-57-. The molecule has 10 heteroatoms. The number of phosphoric ester groups is 1. The summed E-state index contributed by atoms with van der Waals surface area (Å²) in [6.07, 6.45) is 74.3. The maximum atomic E-state index is 13.5. The van der Waals surface area contributed by atoms with Crippen LogP contribution in [0.2, 0.25) is 0 Å². The molecule has 0 aliphatic carbocycles. The lowest BCUT2D eigenvalue weighted by molar-refractivity contribution is -0.870. The Morgan fingerprint density at radius 1 is 0.456 bits per heavy atom. The third kappa shape index (κ3) is 60.4. The fourth-order valence-electron chi connectivity index (χ4n) is 10.1. The van der Waals surface area contributed by atoms with Gasteiger partial charge in [-0.1, -0.05) is 314 Å². The van der Waals surface area contributed by atoms with Gasteiger partial charge in [0.2, 0.25) is 5.91 Å². The first kappa shape index (κ1) is 77.0. The number of hydrogen-bond donors (Lipinski definition) is 2. The molecule has 0 rings (SSSR count). The van der Waals surface area contributed by atoms with Gasteiger partial charge in [-0.3, -0.25) is 18.6 Å². The first-order valence-corrected chi connectivity index (χ1v) is 35.5. The minimum Gasteiger partial charge on any atom is -0.456 e. The zero-order chi connectivity index (χ0) is 57.9. The van der Waals surface area contributed by atoms with E-state index in [1.807, 2.05) is 33.3 Å². The fraction of sp³-hybridized carbons (Fsp3) is 0.855. The molecule has 0 aliphatic heterocycles. The summed E-state index contributed by atoms with van der Waals surface area (Å²) in [5.74, 6) is -0.515. The molecule has 0 aromatic heterocycles. The van der Waals surface area contributed by atoms with E-state index in [4.69, 9.17) is 13.8 Å². The smallest absolute Gasteiger partial charge is 0.456 e. The molecule has 9 nitrogen and oxygen atoms in total. The number of carbonyl (C=O) groups is 2. The van der Waals surface area contributed by atoms with Gasteiger partial charge >= 0.3 is 13.8 Å². The molecule has 1 amide bonds. The minimum atomic E-state index is -4.45. The predicted octanol–water partition coefficient (Wildman–Crippen LogP) is 21.2. The predicted molar refractivity (Wildman–Crippen MR) is 342 cm³/mol. The molecular formula is C69H132N2O7P+. The van der Waals surface area contributed by atoms with Crippen LogP contribution in [0, 0.1) is 0 Å². The van der Waals surface area contributed by atoms with Gasteiger partial charge in [0.15, 0.2) is 0 Å². The van der Waals surface area contributed by atoms with E-state index < -0.39 is 20.0 Å². The van der Waals surface area contributed by atoms with Crippen molar-refractivity contribution in [3.8, 4) is 0 Å². The van der Waals surface area contributed by atoms with Crippen molar-refractivity contribution in [3.63, 3.8) is 0 Å². The van der Waals surface area contributed by atoms with Crippen LogP contribution >= 0.6 is 7.82 Å². The Hall–Kier alpha value is -2.03. The summed E-state index contributed by atoms with van der Waals surface area (Å²) in [7, 11) is 1.49. The van der Waals surface area contributed by atoms with E-state index in [2.05, 4.69) is 62.5 Å². The molecule has 0 aromatic rings. The maximum absolute atomic E-state index is 13.5. The molecule has 0 heterocycles. The van der Waals surface area contributed by atoms with Crippen molar-refractivity contribution >= 4 is 19.7 Å². The van der Waals surface area contributed by atoms with Crippen LogP contribution in [0.4, 0.5) is 0 Å². The number of phosphoric acid groups is 1. The molecule has 0 spiro atoms. The normalized spacial score (nSPS) is 13.9. The number of nitrogens with one attached hydrogen (secondary N) is 1. The molecule has 2 N–H and O–H groups in total. The summed E-state index contributed by atoms with van der Waals surface area (Å²) < 4.78 is 30.7. The van der Waals surface area contributed by atoms with Crippen LogP contribution in [0.1, 0.15) is 329 Å². The minimum absolute atomic E-state index is 0.0369. The van der Waals surface area contributed by atoms with Crippen LogP contribution in [0.15, 0.2) is 48.6 Å². The number of likely N-dealkylation sites (N-methyl/N-ethyl adjacent to an activating group) is 1. The molecule has 0 fully saturated rings. The van der Waals surface area contributed by atoms with E-state index in [0.717, 1.165) is 83.5 Å². The van der Waals surface area contributed by atoms with Crippen molar-refractivity contribution in [2.24, 2.45) is 0 Å². The van der Waals surface area contributed by atoms with Gasteiger partial charge in [0.1, 0.15) is 19.3 Å². The summed E-state index contributed by atoms with van der Waals surface area (Å²) in [5.41, 5.74) is 0. The van der Waals surface area contributed by atoms with E-state index >= 15 is 0 Å². The zero-order valence-corrected chi connectivity index (χ0v) is 54.0. The van der Waals surface area contributed by atoms with Gasteiger partial charge < -0.3 is 19.4 Å². The average Bonchev–Trinajstić information content (AvgIpc) is 3.41. The molecule has 464 valence electrons. The van der Waals surface area contributed by atoms with Crippen LogP contribution < -0.4 is 5.32 Å². The van der Waals surface area contributed by atoms with Gasteiger partial charge in [-0.2, -0.15) is 0 Å². The molecule has 3 atom stereocenters. The number of rotatable bonds is 62. The first-order valence-electron chi connectivity index (χ1n) is 34.0. The van der Waals surface area contributed by atoms with Gasteiger partial charge in [-0.15, -0.1) is 0 Å². The Morgan fingerprint density at radius 3 is 1.20 bits per heavy atom. The van der Waals surface area contributed by atoms with Crippen LogP contribution in [0.5, 0.6) is 0 Å². The Labute approximate surface area is 490 Å². The molecule has 79 heavy (non-hydrogen) atoms. The highest BCUT2D eigenvalue weighted by atomic mass is 31.2. The lowest BCUT2D eigenvalue weighted by Crippen LogP contribution is -2.47. The van der Waals surface area contributed by atoms with Crippen molar-refractivity contribution in [1.82, 2.24) is 5.32 Å². The number of allylic oxidation sites excluding steroid dienone is 7. The molecule has 0 aliphatic rings. The van der Waals surface area contributed by atoms with Crippen molar-refractivity contribution in [2.75, 3.05) is 40.9 Å². The van der Waals surface area contributed by atoms with Crippen molar-refractivity contribution in [3.05, 3.63) is 48.6 Å². The molecule has 0 bridgehead atoms. The molecular weight excluding hydrogens is 1000 g/mol. The second kappa shape index (κ2) is 59.1. The highest BCUT2D eigenvalue weighted by molar-refractivity contribution is 7.47. The quantitative estimate of drug-likeness (QED) is 0.0156. The molecule has 0 radical (unpaired) electrons. The summed E-state index contributed by atoms with van der Waals surface area (Å²) >= 11 is 0. The molecule has 0 aromatic carbocycles. The Kier molecular flexibility index (Phi) is 57.6. The number of esters is 1. The van der Waals surface area contributed by atoms with E-state index in [9.17, 15) is 19.0 Å². The second-order valence-electron chi connectivity index (χ2n) is 24.4. The van der Waals surface area contributed by atoms with Crippen LogP contribution in [-0.2, 0) is 27.9 Å². The van der Waals surface area contributed by atoms with Crippen LogP contribution in [0.25, 0.3) is 0 Å². The highest BCUT2D eigenvalue weighted by Crippen LogP contribution is 2.43. The lowest BCUT2D eigenvalue weighted by Gasteiger charge is -2.27. The van der Waals surface area contributed by atoms with Crippen molar-refractivity contribution < 1.29 is 37.3 Å². The summed E-state index contributed by atoms with van der Waals surface area (Å²) in [6.45, 7) is 6.91. The SMILES string of the molecule is CC/C=C/C=C/C=C\CCCCCCCC(=O)NC(COP(=O)(O)OCC[N+](C)(C)C)C(/C=C\CCCCCCCCCCCCC)OC(=O)CCCCCCCCCCCCCCCCCCCCCCCCCCCCC. The monoisotopic (exact) mass is 1130 g/mol. The van der Waals surface area contributed by atoms with Crippen molar-refractivity contribution in [2.45, 2.75) is 341 Å². The number of nitrogens with zero attached hydrogens (tertiary/aromatic N) is 1. The molecule has 0 saturated carbocycles. The largest absolute Gasteiger partial charge is 0.472 e. The first-order chi connectivity index (χ1) is 38.4. The number of unbranched alkanes of at least 4 members (excludes halogenated alkanes) is 42. The van der Waals surface area contributed by atoms with E-state index in [0.29, 0.717) is 23.9 Å². The number of carbonyl (C=O) groups excluding carboxylic acids is 2. The highest BCUT2D eigenvalue weighted by Gasteiger charge is 2.30. The van der Waals surface area contributed by atoms with E-state index in [1.54, 1.807) is 0 Å². The molecule has 3 unspecified atom stereocenters. The molecule has 0 saturated heterocycles. The second-order valence-corrected chi connectivity index (χ2v) is 25.8. The Bertz CT molecular complexity index is 1490. The lowest BCUT2D eigenvalue weighted by atomic mass is 10.0. The van der Waals surface area contributed by atoms with Crippen molar-refractivity contribution in [1.29, 1.82) is 0 Å². The van der Waals surface area contributed by atoms with Gasteiger partial charge in [-0.05, 0) is 51.0 Å². The summed E-state index contributed by atoms with van der Waals surface area (Å²) in [4.78, 5) is 37.7. The zero-order valence-electron chi connectivity index (χ0n) is 53.1. The number of amides is 1.